The first-order valence-corrected chi connectivity index (χ1v) is 12.1. The van der Waals surface area contributed by atoms with Gasteiger partial charge in [-0.1, -0.05) is 99.1 Å². The molecule has 0 spiro atoms. The van der Waals surface area contributed by atoms with Gasteiger partial charge in [-0.05, 0) is 35.7 Å². The van der Waals surface area contributed by atoms with E-state index in [9.17, 15) is 4.79 Å². The number of hydrogen-bond acceptors (Lipinski definition) is 2. The minimum atomic E-state index is -0.703. The van der Waals surface area contributed by atoms with Gasteiger partial charge in [-0.3, -0.25) is 15.5 Å². The van der Waals surface area contributed by atoms with E-state index in [2.05, 4.69) is 28.5 Å². The number of pyridine rings is 1. The van der Waals surface area contributed by atoms with Gasteiger partial charge in [0, 0.05) is 13.8 Å². The average molecular weight is 704 g/mol. The molecule has 1 aromatic heterocycles. The number of carbonyl (C=O) groups is 1. The van der Waals surface area contributed by atoms with E-state index in [1.807, 2.05) is 107 Å². The van der Waals surface area contributed by atoms with Crippen molar-refractivity contribution in [2.45, 2.75) is 39.8 Å². The quantitative estimate of drug-likeness (QED) is 0.188. The van der Waals surface area contributed by atoms with Crippen molar-refractivity contribution in [3.8, 4) is 11.1 Å². The number of hydrogen-bond donors (Lipinski definition) is 1. The van der Waals surface area contributed by atoms with Crippen molar-refractivity contribution < 1.29 is 37.3 Å². The molecule has 1 unspecified atom stereocenters. The van der Waals surface area contributed by atoms with Crippen LogP contribution in [0.5, 0.6) is 0 Å². The third-order valence-electron chi connectivity index (χ3n) is 5.62. The maximum atomic E-state index is 13.4. The van der Waals surface area contributed by atoms with Gasteiger partial charge >= 0.3 is 31.1 Å². The number of amides is 1. The molecule has 0 radical (unpaired) electrons. The van der Waals surface area contributed by atoms with E-state index in [-0.39, 0.29) is 44.5 Å². The van der Waals surface area contributed by atoms with Gasteiger partial charge in [0.1, 0.15) is 0 Å². The van der Waals surface area contributed by atoms with Crippen LogP contribution in [0.15, 0.2) is 103 Å². The van der Waals surface area contributed by atoms with E-state index >= 15 is 0 Å². The maximum Gasteiger partial charge on any atom is 2.00 e. The number of carbonyl (C=O) groups excluding carboxylic acids is 1. The Bertz CT molecular complexity index is 1190. The predicted molar refractivity (Wildman–Crippen MR) is 147 cm³/mol. The Hall–Kier alpha value is -3.00. The molecule has 5 heteroatoms. The van der Waals surface area contributed by atoms with Crippen LogP contribution in [-0.2, 0) is 4.79 Å². The topological polar surface area (TPSA) is 56.1 Å². The van der Waals surface area contributed by atoms with Crippen molar-refractivity contribution in [3.05, 3.63) is 132 Å². The first-order chi connectivity index (χ1) is 17.2. The fraction of sp³-hybridized carbons (Fsp3) is 0.194. The minimum absolute atomic E-state index is 0. The molecule has 4 rings (SSSR count). The summed E-state index contributed by atoms with van der Waals surface area (Å²) in [6.07, 6.45) is 5.43. The van der Waals surface area contributed by atoms with Crippen LogP contribution in [0.2, 0.25) is 0 Å². The third kappa shape index (κ3) is 7.75. The monoisotopic (exact) mass is 703 g/mol. The van der Waals surface area contributed by atoms with E-state index in [0.29, 0.717) is 0 Å². The van der Waals surface area contributed by atoms with Gasteiger partial charge in [-0.25, -0.2) is 5.56 Å². The standard InChI is InChI=1S/C29H27N3O.C2H6.U.H2/c1-3-22-19-25(24-13-8-5-9-14-24)16-17-27(22)32-28(26-15-10-18-30-20-26)29(33)31-21(2)23-11-6-4-7-12-23;1-2;;/h3-21,28H,1-2H3,(H,31,33);1-2H3;;1H/q-2;;+2;/t21-,28?;;;/m0.../s1. The molecular formula is C31H35N3OU. The maximum absolute atomic E-state index is 13.4. The molecule has 0 bridgehead atoms. The van der Waals surface area contributed by atoms with E-state index in [4.69, 9.17) is 5.32 Å². The molecule has 1 N–H and O–H groups in total. The molecule has 0 aliphatic heterocycles. The van der Waals surface area contributed by atoms with Crippen molar-refractivity contribution in [1.29, 1.82) is 0 Å². The van der Waals surface area contributed by atoms with Crippen molar-refractivity contribution in [2.75, 3.05) is 0 Å². The van der Waals surface area contributed by atoms with Crippen LogP contribution in [0, 0.1) is 37.5 Å². The van der Waals surface area contributed by atoms with Gasteiger partial charge in [-0.2, -0.15) is 12.5 Å². The van der Waals surface area contributed by atoms with Crippen LogP contribution in [0.25, 0.3) is 16.4 Å². The zero-order valence-corrected chi connectivity index (χ0v) is 25.5. The summed E-state index contributed by atoms with van der Waals surface area (Å²) >= 11 is 0. The van der Waals surface area contributed by atoms with E-state index in [0.717, 1.165) is 33.5 Å². The van der Waals surface area contributed by atoms with Gasteiger partial charge in [-0.15, -0.1) is 6.07 Å². The molecule has 3 aromatic carbocycles. The Kier molecular flexibility index (Phi) is 12.3. The Morgan fingerprint density at radius 1 is 0.889 bits per heavy atom. The second-order valence-corrected chi connectivity index (χ2v) is 7.89. The van der Waals surface area contributed by atoms with Gasteiger partial charge in [0.2, 0.25) is 5.91 Å². The van der Waals surface area contributed by atoms with Crippen molar-refractivity contribution in [2.24, 2.45) is 0 Å². The Balaban J connectivity index is 0.00000167. The number of benzene rings is 3. The first kappa shape index (κ1) is 29.2. The summed E-state index contributed by atoms with van der Waals surface area (Å²) in [5, 5.41) is 8.02. The second-order valence-electron chi connectivity index (χ2n) is 7.89. The van der Waals surface area contributed by atoms with Gasteiger partial charge in [0.25, 0.3) is 0 Å². The Morgan fingerprint density at radius 2 is 1.53 bits per heavy atom. The molecule has 0 fully saturated rings. The predicted octanol–water partition coefficient (Wildman–Crippen LogP) is 8.22. The van der Waals surface area contributed by atoms with Gasteiger partial charge < -0.3 is 10.6 Å². The molecule has 0 aliphatic carbocycles. The molecule has 184 valence electrons. The summed E-state index contributed by atoms with van der Waals surface area (Å²) in [7, 11) is 0. The number of nitrogens with zero attached hydrogens (tertiary/aromatic N) is 2. The molecular weight excluding hydrogens is 668 g/mol. The molecule has 36 heavy (non-hydrogen) atoms. The summed E-state index contributed by atoms with van der Waals surface area (Å²) in [5.74, 6) is -0.159. The summed E-state index contributed by atoms with van der Waals surface area (Å²) in [6.45, 7) is 7.97. The fourth-order valence-electron chi connectivity index (χ4n) is 3.79. The van der Waals surface area contributed by atoms with E-state index in [1.54, 1.807) is 12.4 Å². The van der Waals surface area contributed by atoms with Crippen LogP contribution in [0.4, 0.5) is 5.69 Å². The van der Waals surface area contributed by atoms with Crippen molar-refractivity contribution >= 4 is 11.6 Å². The van der Waals surface area contributed by atoms with Crippen LogP contribution in [-0.4, -0.2) is 10.9 Å². The Morgan fingerprint density at radius 3 is 2.14 bits per heavy atom. The van der Waals surface area contributed by atoms with Crippen LogP contribution in [0.3, 0.4) is 0 Å². The zero-order chi connectivity index (χ0) is 25.0. The van der Waals surface area contributed by atoms with E-state index < -0.39 is 6.04 Å². The minimum Gasteiger partial charge on any atom is -0.728 e. The summed E-state index contributed by atoms with van der Waals surface area (Å²) in [4.78, 5) is 17.6. The van der Waals surface area contributed by atoms with Crippen molar-refractivity contribution in [1.82, 2.24) is 10.3 Å². The zero-order valence-electron chi connectivity index (χ0n) is 21.3. The Labute approximate surface area is 240 Å². The first-order valence-electron chi connectivity index (χ1n) is 12.1. The van der Waals surface area contributed by atoms with Crippen LogP contribution >= 0.6 is 0 Å². The molecule has 4 nitrogen and oxygen atoms in total. The second kappa shape index (κ2) is 15.2. The summed E-state index contributed by atoms with van der Waals surface area (Å²) in [6, 6.07) is 29.2. The van der Waals surface area contributed by atoms with Crippen molar-refractivity contribution in [3.63, 3.8) is 0 Å². The molecule has 4 aromatic rings. The summed E-state index contributed by atoms with van der Waals surface area (Å²) in [5.41, 5.74) is 5.81. The van der Waals surface area contributed by atoms with E-state index in [1.165, 1.54) is 0 Å². The summed E-state index contributed by atoms with van der Waals surface area (Å²) < 4.78 is 0. The van der Waals surface area contributed by atoms with Crippen LogP contribution < -0.4 is 5.32 Å². The molecule has 0 saturated heterocycles. The van der Waals surface area contributed by atoms with Gasteiger partial charge in [0.15, 0.2) is 0 Å². The molecule has 1 amide bonds. The molecule has 1 heterocycles. The van der Waals surface area contributed by atoms with Gasteiger partial charge in [0.05, 0.1) is 6.04 Å². The normalized spacial score (nSPS) is 11.6. The number of rotatable bonds is 8. The fourth-order valence-corrected chi connectivity index (χ4v) is 3.79. The smallest absolute Gasteiger partial charge is 0.728 e. The third-order valence-corrected chi connectivity index (χ3v) is 5.62. The number of nitrogens with one attached hydrogen (secondary N) is 1. The molecule has 0 aliphatic rings. The SMILES string of the molecule is CC.C[CH-]c1cc(-c2ccccc2)ccc1[N-]C(C(=O)N[C@@H](C)c1ccccc1)c1cccnc1.[HH].[U+2]. The largest absolute Gasteiger partial charge is 2.00 e. The average Bonchev–Trinajstić information content (AvgIpc) is 2.94. The molecule has 0 saturated carbocycles. The number of aromatic nitrogens is 1. The molecule has 2 atom stereocenters. The van der Waals surface area contributed by atoms with Crippen LogP contribution in [0.1, 0.15) is 57.9 Å².